The molecule has 0 atom stereocenters. The second kappa shape index (κ2) is 5.52. The van der Waals surface area contributed by atoms with Gasteiger partial charge in [-0.05, 0) is 44.7 Å². The van der Waals surface area contributed by atoms with Gasteiger partial charge in [0.1, 0.15) is 0 Å². The summed E-state index contributed by atoms with van der Waals surface area (Å²) in [7, 11) is 0. The molecule has 0 fully saturated rings. The summed E-state index contributed by atoms with van der Waals surface area (Å²) in [6, 6.07) is 1.90. The van der Waals surface area contributed by atoms with Gasteiger partial charge in [-0.2, -0.15) is 0 Å². The number of carbonyl (C=O) groups is 2. The number of hydrogen-bond donors (Lipinski definition) is 1. The van der Waals surface area contributed by atoms with Crippen LogP contribution in [0, 0.1) is 6.92 Å². The van der Waals surface area contributed by atoms with E-state index in [9.17, 15) is 9.59 Å². The molecule has 1 aromatic rings. The zero-order valence-electron chi connectivity index (χ0n) is 11.2. The lowest BCUT2D eigenvalue weighted by Crippen LogP contribution is -2.46. The Morgan fingerprint density at radius 1 is 1.39 bits per heavy atom. The van der Waals surface area contributed by atoms with Crippen molar-refractivity contribution in [2.24, 2.45) is 0 Å². The summed E-state index contributed by atoms with van der Waals surface area (Å²) < 4.78 is 0. The van der Waals surface area contributed by atoms with Crippen LogP contribution in [0.5, 0.6) is 0 Å². The average molecular weight is 269 g/mol. The second-order valence-electron chi connectivity index (χ2n) is 5.20. The first-order valence-corrected chi connectivity index (χ1v) is 6.69. The Labute approximate surface area is 111 Å². The standard InChI is InChI=1S/C13H19NO3S/c1-9-6-8-18-11(9)12(17)14(13(2,3)4)7-5-10(15)16/h6,8H,5,7H2,1-4H3,(H,15,16). The summed E-state index contributed by atoms with van der Waals surface area (Å²) in [4.78, 5) is 25.4. The molecule has 1 heterocycles. The smallest absolute Gasteiger partial charge is 0.305 e. The monoisotopic (exact) mass is 269 g/mol. The van der Waals surface area contributed by atoms with E-state index in [0.717, 1.165) is 5.56 Å². The van der Waals surface area contributed by atoms with Gasteiger partial charge in [0.2, 0.25) is 0 Å². The van der Waals surface area contributed by atoms with Crippen LogP contribution in [-0.2, 0) is 4.79 Å². The van der Waals surface area contributed by atoms with Gasteiger partial charge in [0.15, 0.2) is 0 Å². The molecule has 1 rings (SSSR count). The fraction of sp³-hybridized carbons (Fsp3) is 0.538. The highest BCUT2D eigenvalue weighted by molar-refractivity contribution is 7.12. The third-order valence-corrected chi connectivity index (χ3v) is 3.66. The highest BCUT2D eigenvalue weighted by Gasteiger charge is 2.29. The summed E-state index contributed by atoms with van der Waals surface area (Å²) in [5.74, 6) is -0.976. The third kappa shape index (κ3) is 3.57. The summed E-state index contributed by atoms with van der Waals surface area (Å²) in [6.45, 7) is 7.86. The largest absolute Gasteiger partial charge is 0.481 e. The van der Waals surface area contributed by atoms with Crippen LogP contribution < -0.4 is 0 Å². The molecule has 0 spiro atoms. The number of hydrogen-bond acceptors (Lipinski definition) is 3. The zero-order chi connectivity index (χ0) is 13.9. The molecule has 4 nitrogen and oxygen atoms in total. The summed E-state index contributed by atoms with van der Waals surface area (Å²) in [5, 5.41) is 10.6. The predicted octanol–water partition coefficient (Wildman–Crippen LogP) is 2.77. The van der Waals surface area contributed by atoms with Crippen LogP contribution >= 0.6 is 11.3 Å². The van der Waals surface area contributed by atoms with Crippen molar-refractivity contribution in [3.05, 3.63) is 21.9 Å². The van der Waals surface area contributed by atoms with E-state index in [1.165, 1.54) is 11.3 Å². The number of rotatable bonds is 4. The average Bonchev–Trinajstić information content (AvgIpc) is 2.61. The van der Waals surface area contributed by atoms with E-state index in [4.69, 9.17) is 5.11 Å². The van der Waals surface area contributed by atoms with Crippen molar-refractivity contribution in [2.75, 3.05) is 6.54 Å². The number of aliphatic carboxylic acids is 1. The van der Waals surface area contributed by atoms with Gasteiger partial charge in [-0.3, -0.25) is 9.59 Å². The van der Waals surface area contributed by atoms with Gasteiger partial charge in [-0.25, -0.2) is 0 Å². The highest BCUT2D eigenvalue weighted by atomic mass is 32.1. The van der Waals surface area contributed by atoms with Crippen LogP contribution in [-0.4, -0.2) is 34.0 Å². The molecule has 5 heteroatoms. The molecule has 0 aliphatic rings. The van der Waals surface area contributed by atoms with Crippen molar-refractivity contribution in [2.45, 2.75) is 39.7 Å². The van der Waals surface area contributed by atoms with Gasteiger partial charge in [0.05, 0.1) is 11.3 Å². The molecule has 0 saturated carbocycles. The van der Waals surface area contributed by atoms with E-state index in [0.29, 0.717) is 4.88 Å². The molecule has 0 unspecified atom stereocenters. The normalized spacial score (nSPS) is 11.3. The van der Waals surface area contributed by atoms with Crippen LogP contribution in [0.25, 0.3) is 0 Å². The molecule has 18 heavy (non-hydrogen) atoms. The fourth-order valence-corrected chi connectivity index (χ4v) is 2.54. The molecule has 0 radical (unpaired) electrons. The Bertz CT molecular complexity index is 445. The van der Waals surface area contributed by atoms with E-state index >= 15 is 0 Å². The molecule has 100 valence electrons. The SMILES string of the molecule is Cc1ccsc1C(=O)N(CCC(=O)O)C(C)(C)C. The number of nitrogens with zero attached hydrogens (tertiary/aromatic N) is 1. The van der Waals surface area contributed by atoms with Crippen molar-refractivity contribution >= 4 is 23.2 Å². The minimum absolute atomic E-state index is 0.0343. The molecule has 0 bridgehead atoms. The summed E-state index contributed by atoms with van der Waals surface area (Å²) in [5.41, 5.74) is 0.553. The maximum absolute atomic E-state index is 12.4. The van der Waals surface area contributed by atoms with Gasteiger partial charge in [-0.1, -0.05) is 0 Å². The molecule has 0 aliphatic carbocycles. The zero-order valence-corrected chi connectivity index (χ0v) is 12.0. The molecule has 1 aromatic heterocycles. The third-order valence-electron chi connectivity index (χ3n) is 2.66. The van der Waals surface area contributed by atoms with Crippen molar-refractivity contribution in [1.29, 1.82) is 0 Å². The van der Waals surface area contributed by atoms with E-state index in [-0.39, 0.29) is 24.4 Å². The Kier molecular flexibility index (Phi) is 4.51. The number of amides is 1. The number of carboxylic acid groups (broad SMARTS) is 1. The first kappa shape index (κ1) is 14.7. The first-order chi connectivity index (χ1) is 8.23. The minimum atomic E-state index is -0.889. The molecule has 0 aliphatic heterocycles. The Balaban J connectivity index is 2.94. The van der Waals surface area contributed by atoms with Crippen molar-refractivity contribution < 1.29 is 14.7 Å². The first-order valence-electron chi connectivity index (χ1n) is 5.81. The van der Waals surface area contributed by atoms with Crippen molar-refractivity contribution in [3.63, 3.8) is 0 Å². The van der Waals surface area contributed by atoms with Gasteiger partial charge in [0, 0.05) is 12.1 Å². The van der Waals surface area contributed by atoms with Gasteiger partial charge in [0.25, 0.3) is 5.91 Å². The Hall–Kier alpha value is -1.36. The maximum atomic E-state index is 12.4. The van der Waals surface area contributed by atoms with Crippen LogP contribution in [0.3, 0.4) is 0 Å². The van der Waals surface area contributed by atoms with E-state index < -0.39 is 5.97 Å². The lowest BCUT2D eigenvalue weighted by Gasteiger charge is -2.35. The number of carbonyl (C=O) groups excluding carboxylic acids is 1. The van der Waals surface area contributed by atoms with E-state index in [1.54, 1.807) is 4.90 Å². The number of aryl methyl sites for hydroxylation is 1. The number of carboxylic acids is 1. The lowest BCUT2D eigenvalue weighted by atomic mass is 10.0. The molecule has 1 amide bonds. The van der Waals surface area contributed by atoms with Crippen molar-refractivity contribution in [1.82, 2.24) is 4.90 Å². The maximum Gasteiger partial charge on any atom is 0.305 e. The number of thiophene rings is 1. The molecule has 0 aromatic carbocycles. The van der Waals surface area contributed by atoms with Gasteiger partial charge in [-0.15, -0.1) is 11.3 Å². The van der Waals surface area contributed by atoms with Crippen LogP contribution in [0.4, 0.5) is 0 Å². The van der Waals surface area contributed by atoms with E-state index in [2.05, 4.69) is 0 Å². The molecular formula is C13H19NO3S. The van der Waals surface area contributed by atoms with Crippen molar-refractivity contribution in [3.8, 4) is 0 Å². The molecule has 0 saturated heterocycles. The summed E-state index contributed by atoms with van der Waals surface area (Å²) >= 11 is 1.40. The highest BCUT2D eigenvalue weighted by Crippen LogP contribution is 2.23. The second-order valence-corrected chi connectivity index (χ2v) is 6.12. The van der Waals surface area contributed by atoms with Crippen LogP contribution in [0.15, 0.2) is 11.4 Å². The van der Waals surface area contributed by atoms with Gasteiger partial charge >= 0.3 is 5.97 Å². The van der Waals surface area contributed by atoms with Crippen LogP contribution in [0.2, 0.25) is 0 Å². The predicted molar refractivity (Wildman–Crippen MR) is 72.1 cm³/mol. The molecular weight excluding hydrogens is 250 g/mol. The topological polar surface area (TPSA) is 57.6 Å². The Morgan fingerprint density at radius 2 is 2.00 bits per heavy atom. The molecule has 1 N–H and O–H groups in total. The minimum Gasteiger partial charge on any atom is -0.481 e. The van der Waals surface area contributed by atoms with Gasteiger partial charge < -0.3 is 10.0 Å². The fourth-order valence-electron chi connectivity index (χ4n) is 1.66. The van der Waals surface area contributed by atoms with Crippen LogP contribution in [0.1, 0.15) is 42.4 Å². The summed E-state index contributed by atoms with van der Waals surface area (Å²) in [6.07, 6.45) is -0.0343. The lowest BCUT2D eigenvalue weighted by molar-refractivity contribution is -0.137. The van der Waals surface area contributed by atoms with E-state index in [1.807, 2.05) is 39.1 Å². The Morgan fingerprint density at radius 3 is 2.39 bits per heavy atom. The quantitative estimate of drug-likeness (QED) is 0.914.